The smallest absolute Gasteiger partial charge is 0.746 e. The summed E-state index contributed by atoms with van der Waals surface area (Å²) < 4.78 is 252. The Morgan fingerprint density at radius 2 is 1.04 bits per heavy atom. The van der Waals surface area contributed by atoms with Crippen molar-refractivity contribution < 1.29 is 123 Å². The van der Waals surface area contributed by atoms with Crippen LogP contribution in [-0.4, -0.2) is 41.7 Å². The summed E-state index contributed by atoms with van der Waals surface area (Å²) >= 11 is 0. The maximum Gasteiger partial charge on any atom is 1.00 e. The van der Waals surface area contributed by atoms with Crippen molar-refractivity contribution in [3.63, 3.8) is 0 Å². The monoisotopic (exact) mass is 746 g/mol. The zero-order valence-electron chi connectivity index (χ0n) is 23.2. The molecule has 0 aliphatic heterocycles. The van der Waals surface area contributed by atoms with Crippen molar-refractivity contribution in [3.05, 3.63) is 65.7 Å². The molecule has 0 aromatic heterocycles. The molecule has 23 heteroatoms. The van der Waals surface area contributed by atoms with Gasteiger partial charge in [-0.05, 0) is 24.1 Å². The van der Waals surface area contributed by atoms with Gasteiger partial charge in [-0.15, -0.1) is 0 Å². The number of phosphoric acid groups is 1. The minimum Gasteiger partial charge on any atom is -0.746 e. The second-order valence-electron chi connectivity index (χ2n) is 9.37. The Morgan fingerprint density at radius 3 is 1.45 bits per heavy atom. The fourth-order valence-corrected chi connectivity index (χ4v) is 4.54. The maximum atomic E-state index is 14.6. The van der Waals surface area contributed by atoms with Crippen LogP contribution in [0.4, 0.5) is 74.6 Å². The molecule has 0 saturated heterocycles. The first-order valence-electron chi connectivity index (χ1n) is 12.0. The summed E-state index contributed by atoms with van der Waals surface area (Å²) in [6.07, 6.45) is -9.72. The van der Waals surface area contributed by atoms with Gasteiger partial charge >= 0.3 is 85.0 Å². The summed E-state index contributed by atoms with van der Waals surface area (Å²) in [6.45, 7) is 1.43. The Bertz CT molecular complexity index is 1390. The minimum atomic E-state index is -8.73. The minimum absolute atomic E-state index is 0. The Labute approximate surface area is 275 Å². The first-order chi connectivity index (χ1) is 20.5. The molecular formula is C24H17F17NaO4P. The van der Waals surface area contributed by atoms with E-state index in [0.717, 1.165) is 12.1 Å². The van der Waals surface area contributed by atoms with Crippen LogP contribution < -0.4 is 39.0 Å². The summed E-state index contributed by atoms with van der Waals surface area (Å²) in [7, 11) is -5.29. The molecule has 4 nitrogen and oxygen atoms in total. The predicted molar refractivity (Wildman–Crippen MR) is 119 cm³/mol. The van der Waals surface area contributed by atoms with Gasteiger partial charge in [0.05, 0.1) is 6.10 Å². The molecule has 0 fully saturated rings. The fraction of sp³-hybridized carbons (Fsp3) is 0.500. The van der Waals surface area contributed by atoms with Crippen LogP contribution in [0.3, 0.4) is 0 Å². The molecule has 0 aliphatic carbocycles. The molecule has 0 N–H and O–H groups in total. The number of phosphoric ester groups is 1. The topological polar surface area (TPSA) is 58.6 Å². The Kier molecular flexibility index (Phi) is 12.7. The van der Waals surface area contributed by atoms with Gasteiger partial charge in [0.15, 0.2) is 0 Å². The second-order valence-corrected chi connectivity index (χ2v) is 10.7. The molecule has 0 bridgehead atoms. The molecule has 0 heterocycles. The van der Waals surface area contributed by atoms with E-state index in [9.17, 15) is 84.1 Å². The van der Waals surface area contributed by atoms with Gasteiger partial charge in [0, 0.05) is 5.56 Å². The van der Waals surface area contributed by atoms with Crippen LogP contribution >= 0.6 is 7.82 Å². The fourth-order valence-electron chi connectivity index (χ4n) is 3.58. The van der Waals surface area contributed by atoms with Crippen LogP contribution in [0.15, 0.2) is 54.6 Å². The predicted octanol–water partition coefficient (Wildman–Crippen LogP) is 6.56. The van der Waals surface area contributed by atoms with Gasteiger partial charge in [0.25, 0.3) is 0 Å². The van der Waals surface area contributed by atoms with Crippen LogP contribution in [0.25, 0.3) is 0 Å². The Balaban J connectivity index is 0.0000110. The summed E-state index contributed by atoms with van der Waals surface area (Å²) in [5, 5.41) is 0. The van der Waals surface area contributed by atoms with Crippen molar-refractivity contribution in [3.8, 4) is 5.75 Å². The maximum absolute atomic E-state index is 14.6. The quantitative estimate of drug-likeness (QED) is 0.125. The van der Waals surface area contributed by atoms with Crippen LogP contribution in [-0.2, 0) is 15.0 Å². The van der Waals surface area contributed by atoms with Crippen molar-refractivity contribution in [1.29, 1.82) is 0 Å². The Hall–Kier alpha value is -1.80. The van der Waals surface area contributed by atoms with E-state index in [2.05, 4.69) is 4.52 Å². The van der Waals surface area contributed by atoms with Gasteiger partial charge in [-0.1, -0.05) is 55.8 Å². The number of halogens is 17. The van der Waals surface area contributed by atoms with Crippen LogP contribution in [0.5, 0.6) is 5.75 Å². The molecule has 2 aromatic carbocycles. The summed E-state index contributed by atoms with van der Waals surface area (Å²) in [6, 6.07) is 6.58. The van der Waals surface area contributed by atoms with E-state index in [1.807, 2.05) is 0 Å². The molecule has 0 saturated carbocycles. The van der Waals surface area contributed by atoms with Gasteiger partial charge in [0.2, 0.25) is 0 Å². The third-order valence-corrected chi connectivity index (χ3v) is 7.08. The van der Waals surface area contributed by atoms with Crippen LogP contribution in [0.1, 0.15) is 37.0 Å². The Morgan fingerprint density at radius 1 is 0.638 bits per heavy atom. The molecule has 0 aliphatic rings. The van der Waals surface area contributed by atoms with Crippen LogP contribution in [0.2, 0.25) is 0 Å². The molecule has 0 radical (unpaired) electrons. The van der Waals surface area contributed by atoms with Crippen molar-refractivity contribution >= 4 is 7.82 Å². The number of rotatable bonds is 14. The third-order valence-electron chi connectivity index (χ3n) is 6.13. The van der Waals surface area contributed by atoms with E-state index < -0.39 is 72.7 Å². The van der Waals surface area contributed by atoms with Gasteiger partial charge in [0.1, 0.15) is 5.75 Å². The van der Waals surface area contributed by atoms with E-state index in [1.165, 1.54) is 25.1 Å². The molecular weight excluding hydrogens is 729 g/mol. The van der Waals surface area contributed by atoms with Gasteiger partial charge in [-0.25, -0.2) is 0 Å². The normalized spacial score (nSPS) is 16.2. The standard InChI is InChI=1S/C24H18F17O4P.Na/c1-2-6-16(45-46(42,43)44-15-7-4-3-5-8-15)13-9-11-14(12-10-13)17(25,26)18(27,28)19(29,30)20(31,32)21(33,34)22(35,36)23(37,38)24(39,40)41;/h3-5,7-12,16H,2,6H2,1H3,(H,42,43);/q;+1/p-1. The first kappa shape index (κ1) is 43.2. The second kappa shape index (κ2) is 13.8. The van der Waals surface area contributed by atoms with Crippen molar-refractivity contribution in [1.82, 2.24) is 0 Å². The molecule has 2 unspecified atom stereocenters. The van der Waals surface area contributed by atoms with Crippen LogP contribution in [0, 0.1) is 0 Å². The number of benzene rings is 2. The van der Waals surface area contributed by atoms with Crippen molar-refractivity contribution in [2.24, 2.45) is 0 Å². The average molecular weight is 746 g/mol. The molecule has 0 amide bonds. The number of para-hydroxylation sites is 1. The van der Waals surface area contributed by atoms with Crippen molar-refractivity contribution in [2.75, 3.05) is 0 Å². The third kappa shape index (κ3) is 7.54. The van der Waals surface area contributed by atoms with Gasteiger partial charge in [-0.3, -0.25) is 4.57 Å². The molecule has 2 rings (SSSR count). The van der Waals surface area contributed by atoms with E-state index in [0.29, 0.717) is 12.1 Å². The zero-order chi connectivity index (χ0) is 36.0. The average Bonchev–Trinajstić information content (AvgIpc) is 2.91. The molecule has 262 valence electrons. The zero-order valence-corrected chi connectivity index (χ0v) is 26.1. The van der Waals surface area contributed by atoms with E-state index in [1.54, 1.807) is 0 Å². The van der Waals surface area contributed by atoms with E-state index in [4.69, 9.17) is 4.52 Å². The molecule has 2 aromatic rings. The van der Waals surface area contributed by atoms with E-state index in [-0.39, 0.29) is 60.3 Å². The molecule has 47 heavy (non-hydrogen) atoms. The summed E-state index contributed by atoms with van der Waals surface area (Å²) in [5.41, 5.74) is -2.93. The largest absolute Gasteiger partial charge is 1.00 e. The molecule has 0 spiro atoms. The van der Waals surface area contributed by atoms with Gasteiger partial charge < -0.3 is 13.9 Å². The van der Waals surface area contributed by atoms with Crippen molar-refractivity contribution in [2.45, 2.75) is 73.5 Å². The summed E-state index contributed by atoms with van der Waals surface area (Å²) in [5.74, 6) is -57.6. The number of alkyl halides is 17. The molecule has 2 atom stereocenters. The first-order valence-corrected chi connectivity index (χ1v) is 13.5. The van der Waals surface area contributed by atoms with E-state index >= 15 is 0 Å². The number of hydrogen-bond donors (Lipinski definition) is 0. The SMILES string of the molecule is CCCC(OP(=O)([O-])Oc1ccccc1)c1ccc(C(F)(F)C(F)(F)C(F)(F)C(F)(F)C(F)(F)C(F)(F)C(F)(F)C(F)(F)F)cc1.[Na+]. The number of hydrogen-bond acceptors (Lipinski definition) is 4. The summed E-state index contributed by atoms with van der Waals surface area (Å²) in [4.78, 5) is 12.3. The van der Waals surface area contributed by atoms with Gasteiger partial charge in [-0.2, -0.15) is 74.6 Å².